The number of hydrogen-bond acceptors (Lipinski definition) is 0. The van der Waals surface area contributed by atoms with Crippen molar-refractivity contribution >= 4 is 15.9 Å². The monoisotopic (exact) mass is 245 g/mol. The number of alkyl halides is 1. The molecule has 1 radical (unpaired) electrons. The van der Waals surface area contributed by atoms with Crippen LogP contribution in [0.1, 0.15) is 5.56 Å². The van der Waals surface area contributed by atoms with E-state index in [4.69, 9.17) is 0 Å². The third-order valence-corrected chi connectivity index (χ3v) is 2.76. The van der Waals surface area contributed by atoms with Gasteiger partial charge in [-0.15, -0.1) is 0 Å². The highest BCUT2D eigenvalue weighted by Crippen LogP contribution is 2.19. The lowest BCUT2D eigenvalue weighted by atomic mass is 10.0. The van der Waals surface area contributed by atoms with Gasteiger partial charge in [0.2, 0.25) is 0 Å². The molecular formula is C13H10Br. The molecule has 0 saturated heterocycles. The van der Waals surface area contributed by atoms with Gasteiger partial charge >= 0.3 is 0 Å². The largest absolute Gasteiger partial charge is 0.0876 e. The fourth-order valence-corrected chi connectivity index (χ4v) is 1.69. The Hall–Kier alpha value is -1.08. The van der Waals surface area contributed by atoms with Gasteiger partial charge in [0.05, 0.1) is 0 Å². The van der Waals surface area contributed by atoms with Crippen molar-refractivity contribution in [1.29, 1.82) is 0 Å². The smallest absolute Gasteiger partial charge is 0.0283 e. The molecule has 69 valence electrons. The van der Waals surface area contributed by atoms with Crippen LogP contribution in [0.4, 0.5) is 0 Å². The number of benzene rings is 2. The van der Waals surface area contributed by atoms with E-state index in [1.54, 1.807) is 0 Å². The van der Waals surface area contributed by atoms with Crippen molar-refractivity contribution in [3.8, 4) is 11.1 Å². The van der Waals surface area contributed by atoms with Gasteiger partial charge in [0.1, 0.15) is 0 Å². The van der Waals surface area contributed by atoms with E-state index in [0.717, 1.165) is 10.9 Å². The predicted octanol–water partition coefficient (Wildman–Crippen LogP) is 4.05. The molecule has 0 aliphatic rings. The minimum Gasteiger partial charge on any atom is -0.0876 e. The molecule has 0 aliphatic carbocycles. The summed E-state index contributed by atoms with van der Waals surface area (Å²) in [4.78, 5) is 0. The minimum atomic E-state index is 0.887. The van der Waals surface area contributed by atoms with Crippen molar-refractivity contribution in [2.45, 2.75) is 5.33 Å². The van der Waals surface area contributed by atoms with Crippen LogP contribution in [0.5, 0.6) is 0 Å². The summed E-state index contributed by atoms with van der Waals surface area (Å²) in [5.74, 6) is 0. The molecule has 2 aromatic rings. The molecule has 0 heterocycles. The third kappa shape index (κ3) is 2.05. The zero-order valence-corrected chi connectivity index (χ0v) is 9.29. The van der Waals surface area contributed by atoms with E-state index in [-0.39, 0.29) is 0 Å². The average molecular weight is 246 g/mol. The Labute approximate surface area is 92.7 Å². The summed E-state index contributed by atoms with van der Waals surface area (Å²) in [6.45, 7) is 0. The van der Waals surface area contributed by atoms with Crippen molar-refractivity contribution in [3.63, 3.8) is 0 Å². The molecule has 0 N–H and O–H groups in total. The summed E-state index contributed by atoms with van der Waals surface area (Å²) in [5.41, 5.74) is 3.62. The van der Waals surface area contributed by atoms with Crippen LogP contribution in [0.15, 0.2) is 48.5 Å². The zero-order valence-electron chi connectivity index (χ0n) is 7.70. The predicted molar refractivity (Wildman–Crippen MR) is 63.3 cm³/mol. The summed E-state index contributed by atoms with van der Waals surface area (Å²) < 4.78 is 0. The van der Waals surface area contributed by atoms with E-state index in [0.29, 0.717) is 0 Å². The highest BCUT2D eigenvalue weighted by atomic mass is 79.9. The topological polar surface area (TPSA) is 0 Å². The first-order valence-corrected chi connectivity index (χ1v) is 5.64. The van der Waals surface area contributed by atoms with Gasteiger partial charge in [-0.05, 0) is 28.8 Å². The molecule has 0 nitrogen and oxygen atoms in total. The summed E-state index contributed by atoms with van der Waals surface area (Å²) in [7, 11) is 0. The van der Waals surface area contributed by atoms with Crippen molar-refractivity contribution in [2.24, 2.45) is 0 Å². The maximum absolute atomic E-state index is 3.42. The number of rotatable bonds is 2. The van der Waals surface area contributed by atoms with Gasteiger partial charge in [-0.3, -0.25) is 0 Å². The van der Waals surface area contributed by atoms with Crippen molar-refractivity contribution in [3.05, 3.63) is 60.2 Å². The lowest BCUT2D eigenvalue weighted by Gasteiger charge is -2.01. The van der Waals surface area contributed by atoms with Crippen LogP contribution in [0.2, 0.25) is 0 Å². The Bertz CT molecular complexity index is 389. The van der Waals surface area contributed by atoms with Crippen LogP contribution in [-0.4, -0.2) is 0 Å². The molecule has 0 spiro atoms. The Balaban J connectivity index is 2.34. The van der Waals surface area contributed by atoms with Crippen LogP contribution < -0.4 is 0 Å². The first kappa shape index (κ1) is 9.47. The maximum atomic E-state index is 3.42. The first-order chi connectivity index (χ1) is 6.90. The second kappa shape index (κ2) is 4.43. The highest BCUT2D eigenvalue weighted by molar-refractivity contribution is 9.08. The molecule has 0 saturated carbocycles. The summed E-state index contributed by atoms with van der Waals surface area (Å²) in [6, 6.07) is 19.8. The SMILES string of the molecule is BrCc1c[c]c(-c2ccccc2)cc1. The molecule has 1 heteroatoms. The van der Waals surface area contributed by atoms with Gasteiger partial charge in [-0.25, -0.2) is 0 Å². The Morgan fingerprint density at radius 2 is 1.79 bits per heavy atom. The molecule has 0 aliphatic heterocycles. The number of hydrogen-bond donors (Lipinski definition) is 0. The van der Waals surface area contributed by atoms with Crippen LogP contribution >= 0.6 is 15.9 Å². The minimum absolute atomic E-state index is 0.887. The molecule has 0 unspecified atom stereocenters. The molecule has 2 rings (SSSR count). The number of halogens is 1. The molecule has 0 amide bonds. The maximum Gasteiger partial charge on any atom is 0.0283 e. The fraction of sp³-hybridized carbons (Fsp3) is 0.0769. The quantitative estimate of drug-likeness (QED) is 0.701. The molecule has 2 aromatic carbocycles. The van der Waals surface area contributed by atoms with Gasteiger partial charge in [-0.2, -0.15) is 0 Å². The second-order valence-corrected chi connectivity index (χ2v) is 3.67. The van der Waals surface area contributed by atoms with Gasteiger partial charge in [0.15, 0.2) is 0 Å². The lowest BCUT2D eigenvalue weighted by Crippen LogP contribution is -1.79. The summed E-state index contributed by atoms with van der Waals surface area (Å²) in [6.07, 6.45) is 0. The second-order valence-electron chi connectivity index (χ2n) is 3.11. The summed E-state index contributed by atoms with van der Waals surface area (Å²) in [5, 5.41) is 0.887. The molecular weight excluding hydrogens is 236 g/mol. The third-order valence-electron chi connectivity index (χ3n) is 2.12. The van der Waals surface area contributed by atoms with Gasteiger partial charge < -0.3 is 0 Å². The van der Waals surface area contributed by atoms with Crippen LogP contribution in [0.3, 0.4) is 0 Å². The zero-order chi connectivity index (χ0) is 9.80. The van der Waals surface area contributed by atoms with E-state index in [1.165, 1.54) is 11.1 Å². The van der Waals surface area contributed by atoms with E-state index in [2.05, 4.69) is 46.3 Å². The standard InChI is InChI=1S/C13H10Br/c14-10-11-6-8-13(9-7-11)12-4-2-1-3-5-12/h1-8H,10H2. The molecule has 14 heavy (non-hydrogen) atoms. The van der Waals surface area contributed by atoms with Crippen LogP contribution in [0.25, 0.3) is 11.1 Å². The van der Waals surface area contributed by atoms with E-state index in [9.17, 15) is 0 Å². The highest BCUT2D eigenvalue weighted by Gasteiger charge is 1.96. The normalized spacial score (nSPS) is 10.1. The average Bonchev–Trinajstić information content (AvgIpc) is 2.30. The Kier molecular flexibility index (Phi) is 3.00. The lowest BCUT2D eigenvalue weighted by molar-refractivity contribution is 1.43. The molecule has 0 fully saturated rings. The first-order valence-electron chi connectivity index (χ1n) is 4.52. The molecule has 0 aromatic heterocycles. The van der Waals surface area contributed by atoms with Crippen LogP contribution in [0, 0.1) is 6.07 Å². The Morgan fingerprint density at radius 3 is 2.36 bits per heavy atom. The van der Waals surface area contributed by atoms with Gasteiger partial charge in [-0.1, -0.05) is 58.4 Å². The van der Waals surface area contributed by atoms with Gasteiger partial charge in [0.25, 0.3) is 0 Å². The van der Waals surface area contributed by atoms with E-state index >= 15 is 0 Å². The van der Waals surface area contributed by atoms with Crippen LogP contribution in [-0.2, 0) is 5.33 Å². The summed E-state index contributed by atoms with van der Waals surface area (Å²) >= 11 is 3.42. The van der Waals surface area contributed by atoms with Crippen molar-refractivity contribution in [2.75, 3.05) is 0 Å². The van der Waals surface area contributed by atoms with Crippen molar-refractivity contribution in [1.82, 2.24) is 0 Å². The van der Waals surface area contributed by atoms with Crippen molar-refractivity contribution < 1.29 is 0 Å². The fourth-order valence-electron chi connectivity index (χ4n) is 1.34. The molecule has 0 bridgehead atoms. The van der Waals surface area contributed by atoms with Gasteiger partial charge in [0, 0.05) is 5.33 Å². The van der Waals surface area contributed by atoms with E-state index in [1.807, 2.05) is 24.3 Å². The van der Waals surface area contributed by atoms with E-state index < -0.39 is 0 Å². The Morgan fingerprint density at radius 1 is 1.00 bits per heavy atom. The molecule has 0 atom stereocenters.